The lowest BCUT2D eigenvalue weighted by Gasteiger charge is -2.12. The van der Waals surface area contributed by atoms with Gasteiger partial charge in [0.05, 0.1) is 6.61 Å². The Kier molecular flexibility index (Phi) is 4.87. The Hall–Kier alpha value is -0.700. The number of aryl methyl sites for hydroxylation is 1. The summed E-state index contributed by atoms with van der Waals surface area (Å²) in [5.41, 5.74) is 0.677. The topological polar surface area (TPSA) is 43.4 Å². The third kappa shape index (κ3) is 3.91. The van der Waals surface area contributed by atoms with Gasteiger partial charge in [0.2, 0.25) is 0 Å². The van der Waals surface area contributed by atoms with E-state index >= 15 is 0 Å². The number of rotatable bonds is 4. The van der Waals surface area contributed by atoms with Crippen molar-refractivity contribution in [2.75, 3.05) is 6.61 Å². The molecule has 1 aromatic carbocycles. The molecule has 0 N–H and O–H groups in total. The van der Waals surface area contributed by atoms with Gasteiger partial charge in [0.1, 0.15) is 10.6 Å². The first-order chi connectivity index (χ1) is 7.86. The molecule has 0 aliphatic rings. The Morgan fingerprint density at radius 1 is 1.53 bits per heavy atom. The van der Waals surface area contributed by atoms with Gasteiger partial charge in [-0.05, 0) is 24.6 Å². The molecule has 0 radical (unpaired) electrons. The van der Waals surface area contributed by atoms with E-state index in [-0.39, 0.29) is 17.3 Å². The summed E-state index contributed by atoms with van der Waals surface area (Å²) in [4.78, 5) is -0.0527. The molecule has 0 spiro atoms. The first kappa shape index (κ1) is 14.4. The smallest absolute Gasteiger partial charge is 0.265 e. The second-order valence-electron chi connectivity index (χ2n) is 3.29. The summed E-state index contributed by atoms with van der Waals surface area (Å²) in [5, 5.41) is 0. The van der Waals surface area contributed by atoms with Crippen LogP contribution in [-0.4, -0.2) is 15.0 Å². The van der Waals surface area contributed by atoms with Gasteiger partial charge in [-0.25, -0.2) is 8.42 Å². The number of halogens is 2. The molecule has 0 fully saturated rings. The zero-order chi connectivity index (χ0) is 13.1. The lowest BCUT2D eigenvalue weighted by molar-refractivity contribution is 0.316. The number of ether oxygens (including phenoxy) is 1. The third-order valence-electron chi connectivity index (χ3n) is 1.96. The fourth-order valence-electron chi connectivity index (χ4n) is 1.28. The minimum atomic E-state index is -3.85. The molecule has 17 heavy (non-hydrogen) atoms. The summed E-state index contributed by atoms with van der Waals surface area (Å²) in [5.74, 6) is 2.66. The van der Waals surface area contributed by atoms with E-state index in [9.17, 15) is 8.42 Å². The molecular weight excluding hydrogens is 328 g/mol. The van der Waals surface area contributed by atoms with Gasteiger partial charge in [0.25, 0.3) is 9.05 Å². The van der Waals surface area contributed by atoms with E-state index in [1.165, 1.54) is 6.07 Å². The Balaban J connectivity index is 3.23. The van der Waals surface area contributed by atoms with E-state index in [0.717, 1.165) is 0 Å². The van der Waals surface area contributed by atoms with Crippen LogP contribution in [0.1, 0.15) is 12.0 Å². The summed E-state index contributed by atoms with van der Waals surface area (Å²) in [6.07, 6.45) is 5.50. The molecule has 3 nitrogen and oxygen atoms in total. The number of benzene rings is 1. The monoisotopic (exact) mass is 336 g/mol. The van der Waals surface area contributed by atoms with Crippen molar-refractivity contribution in [2.24, 2.45) is 0 Å². The Morgan fingerprint density at radius 2 is 2.18 bits per heavy atom. The van der Waals surface area contributed by atoms with Crippen molar-refractivity contribution in [2.45, 2.75) is 18.2 Å². The van der Waals surface area contributed by atoms with Crippen LogP contribution in [0.5, 0.6) is 5.75 Å². The van der Waals surface area contributed by atoms with Crippen LogP contribution in [-0.2, 0) is 9.05 Å². The summed E-state index contributed by atoms with van der Waals surface area (Å²) < 4.78 is 28.8. The van der Waals surface area contributed by atoms with E-state index < -0.39 is 9.05 Å². The van der Waals surface area contributed by atoms with Crippen LogP contribution < -0.4 is 4.74 Å². The van der Waals surface area contributed by atoms with Crippen LogP contribution in [0.4, 0.5) is 0 Å². The molecule has 0 bridgehead atoms. The van der Waals surface area contributed by atoms with Crippen molar-refractivity contribution in [3.8, 4) is 18.1 Å². The fourth-order valence-corrected chi connectivity index (χ4v) is 3.05. The van der Waals surface area contributed by atoms with Crippen LogP contribution in [0.25, 0.3) is 0 Å². The second-order valence-corrected chi connectivity index (χ2v) is 6.74. The summed E-state index contributed by atoms with van der Waals surface area (Å²) in [6.45, 7) is 1.99. The molecule has 0 unspecified atom stereocenters. The van der Waals surface area contributed by atoms with Crippen molar-refractivity contribution in [3.05, 3.63) is 22.2 Å². The molecule has 92 valence electrons. The van der Waals surface area contributed by atoms with Crippen LogP contribution in [0.2, 0.25) is 0 Å². The largest absolute Gasteiger partial charge is 0.491 e. The fraction of sp³-hybridized carbons (Fsp3) is 0.273. The maximum atomic E-state index is 11.4. The third-order valence-corrected chi connectivity index (χ3v) is 3.75. The zero-order valence-corrected chi connectivity index (χ0v) is 12.2. The van der Waals surface area contributed by atoms with Gasteiger partial charge < -0.3 is 4.74 Å². The number of terminal acetylenes is 1. The average Bonchev–Trinajstić information content (AvgIpc) is 2.19. The highest BCUT2D eigenvalue weighted by atomic mass is 79.9. The van der Waals surface area contributed by atoms with Gasteiger partial charge in [-0.1, -0.05) is 15.9 Å². The van der Waals surface area contributed by atoms with E-state index in [0.29, 0.717) is 16.5 Å². The Bertz CT molecular complexity index is 561. The summed E-state index contributed by atoms with van der Waals surface area (Å²) in [6, 6.07) is 3.15. The molecule has 0 aromatic heterocycles. The van der Waals surface area contributed by atoms with Crippen LogP contribution in [0, 0.1) is 19.3 Å². The van der Waals surface area contributed by atoms with E-state index in [1.54, 1.807) is 13.0 Å². The minimum absolute atomic E-state index is 0.0527. The van der Waals surface area contributed by atoms with Crippen molar-refractivity contribution in [3.63, 3.8) is 0 Å². The minimum Gasteiger partial charge on any atom is -0.491 e. The maximum absolute atomic E-state index is 11.4. The standard InChI is InChI=1S/C11H10BrClO3S/c1-3-4-5-16-11-8(2)6-9(12)7-10(11)17(13,14)15/h1,6-7H,4-5H2,2H3. The first-order valence-corrected chi connectivity index (χ1v) is 7.77. The van der Waals surface area contributed by atoms with Gasteiger partial charge >= 0.3 is 0 Å². The summed E-state index contributed by atoms with van der Waals surface area (Å²) in [7, 11) is 1.50. The molecular formula is C11H10BrClO3S. The van der Waals surface area contributed by atoms with Crippen LogP contribution in [0.15, 0.2) is 21.5 Å². The Labute approximate surface area is 114 Å². The highest BCUT2D eigenvalue weighted by Gasteiger charge is 2.19. The van der Waals surface area contributed by atoms with E-state index in [4.69, 9.17) is 21.8 Å². The van der Waals surface area contributed by atoms with Gasteiger partial charge in [-0.15, -0.1) is 12.3 Å². The van der Waals surface area contributed by atoms with Crippen LogP contribution >= 0.6 is 26.6 Å². The molecule has 0 saturated carbocycles. The highest BCUT2D eigenvalue weighted by Crippen LogP contribution is 2.33. The average molecular weight is 338 g/mol. The van der Waals surface area contributed by atoms with E-state index in [2.05, 4.69) is 21.9 Å². The molecule has 6 heteroatoms. The molecule has 0 atom stereocenters. The molecule has 0 aliphatic carbocycles. The molecule has 1 aromatic rings. The predicted molar refractivity (Wildman–Crippen MR) is 70.9 cm³/mol. The molecule has 0 heterocycles. The van der Waals surface area contributed by atoms with Crippen LogP contribution in [0.3, 0.4) is 0 Å². The zero-order valence-electron chi connectivity index (χ0n) is 9.04. The molecule has 0 amide bonds. The van der Waals surface area contributed by atoms with Gasteiger partial charge in [-0.3, -0.25) is 0 Å². The van der Waals surface area contributed by atoms with Gasteiger partial charge in [0.15, 0.2) is 0 Å². The van der Waals surface area contributed by atoms with Gasteiger partial charge in [0, 0.05) is 21.6 Å². The number of hydrogen-bond acceptors (Lipinski definition) is 3. The normalized spacial score (nSPS) is 10.9. The highest BCUT2D eigenvalue weighted by molar-refractivity contribution is 9.10. The second kappa shape index (κ2) is 5.76. The SMILES string of the molecule is C#CCCOc1c(C)cc(Br)cc1S(=O)(=O)Cl. The molecule has 1 rings (SSSR count). The first-order valence-electron chi connectivity index (χ1n) is 4.67. The maximum Gasteiger partial charge on any atom is 0.265 e. The Morgan fingerprint density at radius 3 is 2.71 bits per heavy atom. The summed E-state index contributed by atoms with van der Waals surface area (Å²) >= 11 is 3.21. The quantitative estimate of drug-likeness (QED) is 0.482. The number of hydrogen-bond donors (Lipinski definition) is 0. The van der Waals surface area contributed by atoms with Crippen molar-refractivity contribution >= 4 is 35.7 Å². The lowest BCUT2D eigenvalue weighted by atomic mass is 10.2. The van der Waals surface area contributed by atoms with Crippen molar-refractivity contribution in [1.29, 1.82) is 0 Å². The van der Waals surface area contributed by atoms with Gasteiger partial charge in [-0.2, -0.15) is 0 Å². The van der Waals surface area contributed by atoms with Crippen molar-refractivity contribution in [1.82, 2.24) is 0 Å². The molecule has 0 aliphatic heterocycles. The van der Waals surface area contributed by atoms with Crippen molar-refractivity contribution < 1.29 is 13.2 Å². The lowest BCUT2D eigenvalue weighted by Crippen LogP contribution is -2.03. The molecule has 0 saturated heterocycles. The van der Waals surface area contributed by atoms with E-state index in [1.807, 2.05) is 0 Å². The predicted octanol–water partition coefficient (Wildman–Crippen LogP) is 3.09.